The van der Waals surface area contributed by atoms with Crippen LogP contribution in [0.4, 0.5) is 5.69 Å². The molecule has 1 aromatic heterocycles. The third-order valence-electron chi connectivity index (χ3n) is 2.37. The number of rotatable bonds is 3. The van der Waals surface area contributed by atoms with Gasteiger partial charge in [-0.15, -0.1) is 11.3 Å². The van der Waals surface area contributed by atoms with E-state index >= 15 is 0 Å². The molecule has 2 N–H and O–H groups in total. The van der Waals surface area contributed by atoms with Gasteiger partial charge in [-0.25, -0.2) is 4.79 Å². The van der Waals surface area contributed by atoms with Gasteiger partial charge < -0.3 is 10.4 Å². The fraction of sp³-hybridized carbons (Fsp3) is 0.0769. The first-order valence-electron chi connectivity index (χ1n) is 5.37. The maximum absolute atomic E-state index is 11.9. The number of thiophene rings is 1. The van der Waals surface area contributed by atoms with Gasteiger partial charge in [0, 0.05) is 15.6 Å². The number of benzene rings is 1. The lowest BCUT2D eigenvalue weighted by atomic mass is 10.2. The minimum atomic E-state index is -1.09. The average Bonchev–Trinajstić information content (AvgIpc) is 2.75. The molecule has 0 aliphatic heterocycles. The van der Waals surface area contributed by atoms with Crippen molar-refractivity contribution >= 4 is 40.5 Å². The molecule has 4 nitrogen and oxygen atoms in total. The third-order valence-corrected chi connectivity index (χ3v) is 3.58. The first kappa shape index (κ1) is 13.6. The van der Waals surface area contributed by atoms with Gasteiger partial charge in [-0.3, -0.25) is 4.79 Å². The largest absolute Gasteiger partial charge is 0.478 e. The molecule has 0 aliphatic rings. The van der Waals surface area contributed by atoms with Crippen molar-refractivity contribution in [2.24, 2.45) is 0 Å². The molecule has 2 rings (SSSR count). The Morgan fingerprint density at radius 1 is 1.26 bits per heavy atom. The number of carbonyl (C=O) groups is 2. The van der Waals surface area contributed by atoms with E-state index in [4.69, 9.17) is 16.7 Å². The minimum Gasteiger partial charge on any atom is -0.478 e. The first-order chi connectivity index (χ1) is 8.95. The summed E-state index contributed by atoms with van der Waals surface area (Å²) in [5.41, 5.74) is 0.395. The van der Waals surface area contributed by atoms with Gasteiger partial charge in [0.15, 0.2) is 0 Å². The van der Waals surface area contributed by atoms with E-state index in [1.54, 1.807) is 6.07 Å². The molecule has 0 saturated heterocycles. The van der Waals surface area contributed by atoms with Crippen LogP contribution in [0.15, 0.2) is 30.3 Å². The molecule has 98 valence electrons. The zero-order valence-electron chi connectivity index (χ0n) is 9.94. The summed E-state index contributed by atoms with van der Waals surface area (Å²) in [7, 11) is 0. The molecule has 1 heterocycles. The monoisotopic (exact) mass is 295 g/mol. The van der Waals surface area contributed by atoms with Crippen LogP contribution in [0.2, 0.25) is 5.02 Å². The number of hydrogen-bond acceptors (Lipinski definition) is 3. The summed E-state index contributed by atoms with van der Waals surface area (Å²) >= 11 is 7.18. The molecular weight excluding hydrogens is 286 g/mol. The number of aryl methyl sites for hydroxylation is 1. The predicted molar refractivity (Wildman–Crippen MR) is 75.4 cm³/mol. The molecule has 1 aromatic carbocycles. The fourth-order valence-electron chi connectivity index (χ4n) is 1.53. The van der Waals surface area contributed by atoms with Gasteiger partial charge in [0.2, 0.25) is 0 Å². The number of anilines is 1. The quantitative estimate of drug-likeness (QED) is 0.908. The Morgan fingerprint density at radius 3 is 2.58 bits per heavy atom. The molecule has 0 radical (unpaired) electrons. The van der Waals surface area contributed by atoms with Crippen molar-refractivity contribution in [3.63, 3.8) is 0 Å². The summed E-state index contributed by atoms with van der Waals surface area (Å²) in [4.78, 5) is 24.4. The van der Waals surface area contributed by atoms with E-state index in [1.165, 1.54) is 29.5 Å². The molecular formula is C13H10ClNO3S. The van der Waals surface area contributed by atoms with Gasteiger partial charge in [-0.2, -0.15) is 0 Å². The van der Waals surface area contributed by atoms with Crippen LogP contribution in [0, 0.1) is 6.92 Å². The van der Waals surface area contributed by atoms with E-state index in [1.807, 2.05) is 13.0 Å². The Morgan fingerprint density at radius 2 is 2.00 bits per heavy atom. The molecule has 0 spiro atoms. The highest BCUT2D eigenvalue weighted by Crippen LogP contribution is 2.21. The van der Waals surface area contributed by atoms with Crippen LogP contribution >= 0.6 is 22.9 Å². The highest BCUT2D eigenvalue weighted by atomic mass is 35.5. The number of aromatic carboxylic acids is 1. The Balaban J connectivity index is 2.23. The second-order valence-electron chi connectivity index (χ2n) is 3.90. The van der Waals surface area contributed by atoms with E-state index in [2.05, 4.69) is 5.32 Å². The lowest BCUT2D eigenvalue weighted by Gasteiger charge is -2.05. The van der Waals surface area contributed by atoms with Crippen LogP contribution in [-0.4, -0.2) is 17.0 Å². The van der Waals surface area contributed by atoms with Crippen LogP contribution in [-0.2, 0) is 0 Å². The van der Waals surface area contributed by atoms with Gasteiger partial charge in [0.25, 0.3) is 5.91 Å². The summed E-state index contributed by atoms with van der Waals surface area (Å²) < 4.78 is 0. The zero-order valence-corrected chi connectivity index (χ0v) is 11.5. The van der Waals surface area contributed by atoms with Gasteiger partial charge in [0.1, 0.15) is 0 Å². The van der Waals surface area contributed by atoms with E-state index in [-0.39, 0.29) is 16.5 Å². The van der Waals surface area contributed by atoms with Crippen molar-refractivity contribution in [1.82, 2.24) is 0 Å². The average molecular weight is 296 g/mol. The normalized spacial score (nSPS) is 10.2. The molecule has 0 fully saturated rings. The molecule has 0 atom stereocenters. The predicted octanol–water partition coefficient (Wildman–Crippen LogP) is 3.66. The summed E-state index contributed by atoms with van der Waals surface area (Å²) in [6, 6.07) is 7.77. The smallest absolute Gasteiger partial charge is 0.335 e. The van der Waals surface area contributed by atoms with Crippen molar-refractivity contribution in [2.75, 3.05) is 5.32 Å². The highest BCUT2D eigenvalue weighted by molar-refractivity contribution is 7.14. The molecule has 0 aliphatic carbocycles. The molecule has 0 bridgehead atoms. The van der Waals surface area contributed by atoms with Crippen molar-refractivity contribution in [1.29, 1.82) is 0 Å². The van der Waals surface area contributed by atoms with Crippen LogP contribution in [0.25, 0.3) is 0 Å². The maximum Gasteiger partial charge on any atom is 0.335 e. The lowest BCUT2D eigenvalue weighted by molar-refractivity contribution is 0.0696. The van der Waals surface area contributed by atoms with Crippen molar-refractivity contribution < 1.29 is 14.7 Å². The molecule has 6 heteroatoms. The van der Waals surface area contributed by atoms with E-state index in [9.17, 15) is 9.59 Å². The second-order valence-corrected chi connectivity index (χ2v) is 5.62. The number of nitrogens with one attached hydrogen (secondary N) is 1. The van der Waals surface area contributed by atoms with Crippen molar-refractivity contribution in [3.05, 3.63) is 50.7 Å². The maximum atomic E-state index is 11.9. The highest BCUT2D eigenvalue weighted by Gasteiger charge is 2.11. The van der Waals surface area contributed by atoms with E-state index in [0.717, 1.165) is 4.88 Å². The Bertz CT molecular complexity index is 651. The molecule has 0 saturated carbocycles. The topological polar surface area (TPSA) is 66.4 Å². The second kappa shape index (κ2) is 5.42. The Hall–Kier alpha value is -1.85. The SMILES string of the molecule is Cc1ccc(C(=O)Nc2cc(Cl)cc(C(=O)O)c2)s1. The van der Waals surface area contributed by atoms with Gasteiger partial charge in [-0.05, 0) is 37.3 Å². The van der Waals surface area contributed by atoms with Gasteiger partial charge in [-0.1, -0.05) is 11.6 Å². The van der Waals surface area contributed by atoms with Crippen LogP contribution in [0.1, 0.15) is 24.9 Å². The Kier molecular flexibility index (Phi) is 3.87. The molecule has 2 aromatic rings. The van der Waals surface area contributed by atoms with Crippen LogP contribution in [0.5, 0.6) is 0 Å². The summed E-state index contributed by atoms with van der Waals surface area (Å²) in [6.07, 6.45) is 0. The summed E-state index contributed by atoms with van der Waals surface area (Å²) in [5, 5.41) is 11.8. The molecule has 19 heavy (non-hydrogen) atoms. The van der Waals surface area contributed by atoms with E-state index < -0.39 is 5.97 Å². The standard InChI is InChI=1S/C13H10ClNO3S/c1-7-2-3-11(19-7)12(16)15-10-5-8(13(17)18)4-9(14)6-10/h2-6H,1H3,(H,15,16)(H,17,18). The number of amides is 1. The van der Waals surface area contributed by atoms with Crippen LogP contribution < -0.4 is 5.32 Å². The zero-order chi connectivity index (χ0) is 14.0. The molecule has 0 unspecified atom stereocenters. The summed E-state index contributed by atoms with van der Waals surface area (Å²) in [5.74, 6) is -1.37. The number of carbonyl (C=O) groups excluding carboxylic acids is 1. The minimum absolute atomic E-state index is 0.0326. The third kappa shape index (κ3) is 3.33. The fourth-order valence-corrected chi connectivity index (χ4v) is 2.53. The lowest BCUT2D eigenvalue weighted by Crippen LogP contribution is -2.10. The van der Waals surface area contributed by atoms with Crippen LogP contribution in [0.3, 0.4) is 0 Å². The number of hydrogen-bond donors (Lipinski definition) is 2. The first-order valence-corrected chi connectivity index (χ1v) is 6.57. The van der Waals surface area contributed by atoms with Crippen molar-refractivity contribution in [3.8, 4) is 0 Å². The summed E-state index contributed by atoms with van der Waals surface area (Å²) in [6.45, 7) is 1.91. The number of carboxylic acids is 1. The number of halogens is 1. The van der Waals surface area contributed by atoms with Crippen molar-refractivity contribution in [2.45, 2.75) is 6.92 Å². The van der Waals surface area contributed by atoms with Gasteiger partial charge >= 0.3 is 5.97 Å². The van der Waals surface area contributed by atoms with Gasteiger partial charge in [0.05, 0.1) is 10.4 Å². The number of carboxylic acid groups (broad SMARTS) is 1. The van der Waals surface area contributed by atoms with E-state index in [0.29, 0.717) is 10.6 Å². The molecule has 1 amide bonds. The Labute approximate surface area is 118 Å².